The number of fused-ring (bicyclic) bond motifs is 3. The van der Waals surface area contributed by atoms with E-state index in [0.717, 1.165) is 24.2 Å². The highest BCUT2D eigenvalue weighted by atomic mass is 35.5. The van der Waals surface area contributed by atoms with E-state index in [1.807, 2.05) is 11.6 Å². The molecule has 1 saturated heterocycles. The molecule has 0 radical (unpaired) electrons. The van der Waals surface area contributed by atoms with Crippen LogP contribution in [0.15, 0.2) is 18.2 Å². The molecule has 148 valence electrons. The lowest BCUT2D eigenvalue weighted by atomic mass is 9.93. The third-order valence-corrected chi connectivity index (χ3v) is 7.17. The minimum atomic E-state index is -0.295. The predicted molar refractivity (Wildman–Crippen MR) is 106 cm³/mol. The number of halogens is 2. The Morgan fingerprint density at radius 1 is 1.50 bits per heavy atom. The number of hydrogen-bond donors (Lipinski definition) is 1. The molecular formula is C20H21ClFN3O2S. The van der Waals surface area contributed by atoms with Crippen LogP contribution in [0.2, 0.25) is 5.02 Å². The zero-order valence-electron chi connectivity index (χ0n) is 15.5. The van der Waals surface area contributed by atoms with Gasteiger partial charge in [-0.15, -0.1) is 0 Å². The normalized spacial score (nSPS) is 27.5. The maximum atomic E-state index is 14.6. The van der Waals surface area contributed by atoms with Gasteiger partial charge < -0.3 is 19.2 Å². The van der Waals surface area contributed by atoms with Crippen molar-refractivity contribution in [3.63, 3.8) is 0 Å². The second-order valence-corrected chi connectivity index (χ2v) is 8.90. The standard InChI is InChI=1S/C20H21ClFN3O2S/c1-24-16(7-17(26)23-12-4-5-27-9-12)18-14-8-20(14,10-25(18)19(24)28)13-6-11(21)2-3-15(13)22/h2-3,6,12,14H,4-5,7-10H2,1H3,(H,23,26)/t12-,14+,20-/m1/s1. The van der Waals surface area contributed by atoms with E-state index in [1.54, 1.807) is 12.1 Å². The van der Waals surface area contributed by atoms with Gasteiger partial charge in [-0.1, -0.05) is 11.6 Å². The van der Waals surface area contributed by atoms with Crippen LogP contribution in [0, 0.1) is 10.6 Å². The fraction of sp³-hybridized carbons (Fsp3) is 0.500. The molecule has 1 aromatic heterocycles. The maximum absolute atomic E-state index is 14.6. The smallest absolute Gasteiger partial charge is 0.226 e. The number of amides is 1. The van der Waals surface area contributed by atoms with Crippen molar-refractivity contribution >= 4 is 29.7 Å². The van der Waals surface area contributed by atoms with Gasteiger partial charge in [-0.3, -0.25) is 4.79 Å². The van der Waals surface area contributed by atoms with Gasteiger partial charge in [0.2, 0.25) is 5.91 Å². The molecule has 3 atom stereocenters. The first-order chi connectivity index (χ1) is 13.4. The molecule has 28 heavy (non-hydrogen) atoms. The third-order valence-electron chi connectivity index (χ3n) is 6.44. The number of nitrogens with zero attached hydrogens (tertiary/aromatic N) is 2. The van der Waals surface area contributed by atoms with E-state index in [0.29, 0.717) is 35.1 Å². The second-order valence-electron chi connectivity index (χ2n) is 8.10. The van der Waals surface area contributed by atoms with Crippen molar-refractivity contribution in [3.05, 3.63) is 50.8 Å². The van der Waals surface area contributed by atoms with Gasteiger partial charge in [-0.25, -0.2) is 4.39 Å². The summed E-state index contributed by atoms with van der Waals surface area (Å²) in [4.78, 5) is 12.6. The molecule has 2 aromatic rings. The number of ether oxygens (including phenoxy) is 1. The van der Waals surface area contributed by atoms with Crippen molar-refractivity contribution in [2.75, 3.05) is 13.2 Å². The van der Waals surface area contributed by atoms with Crippen molar-refractivity contribution in [2.24, 2.45) is 7.05 Å². The Labute approximate surface area is 172 Å². The lowest BCUT2D eigenvalue weighted by molar-refractivity contribution is -0.121. The number of nitrogens with one attached hydrogen (secondary N) is 1. The van der Waals surface area contributed by atoms with E-state index >= 15 is 0 Å². The van der Waals surface area contributed by atoms with Crippen molar-refractivity contribution in [1.29, 1.82) is 0 Å². The van der Waals surface area contributed by atoms with E-state index in [9.17, 15) is 9.18 Å². The van der Waals surface area contributed by atoms with Gasteiger partial charge >= 0.3 is 0 Å². The van der Waals surface area contributed by atoms with Crippen LogP contribution in [-0.2, 0) is 35.0 Å². The van der Waals surface area contributed by atoms with Crippen molar-refractivity contribution < 1.29 is 13.9 Å². The third kappa shape index (κ3) is 2.67. The van der Waals surface area contributed by atoms with Gasteiger partial charge in [0.25, 0.3) is 0 Å². The van der Waals surface area contributed by atoms with E-state index in [-0.39, 0.29) is 35.5 Å². The SMILES string of the molecule is Cn1c(CC(=O)N[C@@H]2CCOC2)c2n(c1=S)C[C@@]1(c3cc(Cl)ccc3F)C[C@@H]21. The minimum Gasteiger partial charge on any atom is -0.379 e. The van der Waals surface area contributed by atoms with Gasteiger partial charge in [0, 0.05) is 47.9 Å². The fourth-order valence-electron chi connectivity index (χ4n) is 4.94. The van der Waals surface area contributed by atoms with Crippen LogP contribution >= 0.6 is 23.8 Å². The number of aromatic nitrogens is 2. The number of carbonyl (C=O) groups is 1. The summed E-state index contributed by atoms with van der Waals surface area (Å²) in [5.74, 6) is -0.0870. The average molecular weight is 422 g/mol. The predicted octanol–water partition coefficient (Wildman–Crippen LogP) is 3.24. The number of benzene rings is 1. The van der Waals surface area contributed by atoms with E-state index in [1.165, 1.54) is 6.07 Å². The summed E-state index contributed by atoms with van der Waals surface area (Å²) in [6.07, 6.45) is 1.97. The monoisotopic (exact) mass is 421 g/mol. The van der Waals surface area contributed by atoms with Gasteiger partial charge in [0.1, 0.15) is 5.82 Å². The number of imidazole rings is 1. The molecule has 0 bridgehead atoms. The highest BCUT2D eigenvalue weighted by Gasteiger charge is 2.63. The average Bonchev–Trinajstić information content (AvgIpc) is 2.95. The Kier molecular flexibility index (Phi) is 4.19. The Bertz CT molecular complexity index is 1040. The first-order valence-corrected chi connectivity index (χ1v) is 10.3. The largest absolute Gasteiger partial charge is 0.379 e. The van der Waals surface area contributed by atoms with E-state index in [2.05, 4.69) is 9.88 Å². The summed E-state index contributed by atoms with van der Waals surface area (Å²) >= 11 is 11.8. The van der Waals surface area contributed by atoms with Crippen molar-refractivity contribution in [1.82, 2.24) is 14.5 Å². The van der Waals surface area contributed by atoms with Crippen LogP contribution in [0.4, 0.5) is 4.39 Å². The van der Waals surface area contributed by atoms with Crippen molar-refractivity contribution in [2.45, 2.75) is 43.2 Å². The topological polar surface area (TPSA) is 48.2 Å². The molecule has 5 nitrogen and oxygen atoms in total. The summed E-state index contributed by atoms with van der Waals surface area (Å²) in [6, 6.07) is 4.82. The zero-order chi connectivity index (χ0) is 19.6. The summed E-state index contributed by atoms with van der Waals surface area (Å²) in [5, 5.41) is 3.58. The van der Waals surface area contributed by atoms with E-state index in [4.69, 9.17) is 28.6 Å². The Hall–Kier alpha value is -1.70. The van der Waals surface area contributed by atoms with Gasteiger partial charge in [0.05, 0.1) is 19.1 Å². The molecule has 1 saturated carbocycles. The minimum absolute atomic E-state index is 0.0263. The molecule has 3 heterocycles. The lowest BCUT2D eigenvalue weighted by Crippen LogP contribution is -2.36. The molecule has 3 aliphatic rings. The van der Waals surface area contributed by atoms with Crippen LogP contribution in [0.1, 0.15) is 35.7 Å². The first kappa shape index (κ1) is 18.3. The molecule has 0 spiro atoms. The quantitative estimate of drug-likeness (QED) is 0.771. The summed E-state index contributed by atoms with van der Waals surface area (Å²) in [7, 11) is 1.90. The molecule has 2 aliphatic heterocycles. The molecule has 5 rings (SSSR count). The molecular weight excluding hydrogens is 401 g/mol. The Balaban J connectivity index is 1.46. The molecule has 0 unspecified atom stereocenters. The molecule has 1 N–H and O–H groups in total. The molecule has 1 aliphatic carbocycles. The van der Waals surface area contributed by atoms with Crippen LogP contribution in [0.5, 0.6) is 0 Å². The Morgan fingerprint density at radius 3 is 3.07 bits per heavy atom. The summed E-state index contributed by atoms with van der Waals surface area (Å²) in [6.45, 7) is 1.89. The first-order valence-electron chi connectivity index (χ1n) is 9.51. The van der Waals surface area contributed by atoms with Gasteiger partial charge in [0.15, 0.2) is 4.77 Å². The molecule has 1 aromatic carbocycles. The van der Waals surface area contributed by atoms with Gasteiger partial charge in [-0.05, 0) is 48.8 Å². The van der Waals surface area contributed by atoms with Crippen LogP contribution in [-0.4, -0.2) is 34.3 Å². The number of hydrogen-bond acceptors (Lipinski definition) is 3. The summed E-state index contributed by atoms with van der Waals surface area (Å²) < 4.78 is 24.6. The fourth-order valence-corrected chi connectivity index (χ4v) is 5.39. The lowest BCUT2D eigenvalue weighted by Gasteiger charge is -2.15. The highest BCUT2D eigenvalue weighted by Crippen LogP contribution is 2.66. The maximum Gasteiger partial charge on any atom is 0.226 e. The highest BCUT2D eigenvalue weighted by molar-refractivity contribution is 7.71. The summed E-state index contributed by atoms with van der Waals surface area (Å²) in [5.41, 5.74) is 2.36. The van der Waals surface area contributed by atoms with Crippen LogP contribution in [0.3, 0.4) is 0 Å². The number of rotatable bonds is 4. The van der Waals surface area contributed by atoms with Crippen molar-refractivity contribution in [3.8, 4) is 0 Å². The Morgan fingerprint density at radius 2 is 2.32 bits per heavy atom. The molecule has 8 heteroatoms. The second kappa shape index (κ2) is 6.40. The number of carbonyl (C=O) groups excluding carboxylic acids is 1. The molecule has 2 fully saturated rings. The van der Waals surface area contributed by atoms with Gasteiger partial charge in [-0.2, -0.15) is 0 Å². The van der Waals surface area contributed by atoms with Crippen LogP contribution < -0.4 is 5.32 Å². The zero-order valence-corrected chi connectivity index (χ0v) is 17.1. The molecule has 1 amide bonds. The van der Waals surface area contributed by atoms with E-state index < -0.39 is 0 Å². The van der Waals surface area contributed by atoms with Crippen LogP contribution in [0.25, 0.3) is 0 Å².